The first-order valence-corrected chi connectivity index (χ1v) is 7.85. The van der Waals surface area contributed by atoms with E-state index in [9.17, 15) is 0 Å². The largest absolute Gasteiger partial charge is 0.496 e. The quantitative estimate of drug-likeness (QED) is 0.942. The monoisotopic (exact) mass is 297 g/mol. The van der Waals surface area contributed by atoms with Gasteiger partial charge in [0.05, 0.1) is 7.11 Å². The Morgan fingerprint density at radius 3 is 2.55 bits per heavy atom. The molecule has 4 nitrogen and oxygen atoms in total. The SMILES string of the molecule is COc1ccccc1Cc1nc(C)c(C2CCNC2)c(C)n1. The molecule has 2 aromatic rings. The molecular weight excluding hydrogens is 274 g/mol. The van der Waals surface area contributed by atoms with Gasteiger partial charge in [-0.2, -0.15) is 0 Å². The second kappa shape index (κ2) is 6.44. The Bertz CT molecular complexity index is 640. The maximum Gasteiger partial charge on any atom is 0.133 e. The van der Waals surface area contributed by atoms with Crippen molar-refractivity contribution in [2.45, 2.75) is 32.6 Å². The van der Waals surface area contributed by atoms with E-state index >= 15 is 0 Å². The maximum absolute atomic E-state index is 5.42. The van der Waals surface area contributed by atoms with Gasteiger partial charge in [-0.3, -0.25) is 0 Å². The van der Waals surface area contributed by atoms with E-state index in [1.54, 1.807) is 7.11 Å². The smallest absolute Gasteiger partial charge is 0.133 e. The predicted octanol–water partition coefficient (Wildman–Crippen LogP) is 2.77. The Labute approximate surface area is 132 Å². The predicted molar refractivity (Wildman–Crippen MR) is 87.5 cm³/mol. The van der Waals surface area contributed by atoms with E-state index in [-0.39, 0.29) is 0 Å². The Kier molecular flexibility index (Phi) is 4.39. The van der Waals surface area contributed by atoms with Gasteiger partial charge in [-0.05, 0) is 38.4 Å². The zero-order valence-electron chi connectivity index (χ0n) is 13.5. The number of aromatic nitrogens is 2. The van der Waals surface area contributed by atoms with Crippen LogP contribution in [-0.4, -0.2) is 30.2 Å². The number of rotatable bonds is 4. The molecular formula is C18H23N3O. The van der Waals surface area contributed by atoms with E-state index in [0.717, 1.165) is 41.6 Å². The molecule has 1 N–H and O–H groups in total. The summed E-state index contributed by atoms with van der Waals surface area (Å²) in [7, 11) is 1.70. The number of hydrogen-bond acceptors (Lipinski definition) is 4. The number of benzene rings is 1. The topological polar surface area (TPSA) is 47.0 Å². The minimum atomic E-state index is 0.556. The van der Waals surface area contributed by atoms with Gasteiger partial charge in [-0.25, -0.2) is 9.97 Å². The molecule has 0 saturated carbocycles. The van der Waals surface area contributed by atoms with Gasteiger partial charge < -0.3 is 10.1 Å². The molecule has 3 rings (SSSR count). The molecule has 1 saturated heterocycles. The second-order valence-corrected chi connectivity index (χ2v) is 5.90. The van der Waals surface area contributed by atoms with E-state index in [0.29, 0.717) is 12.3 Å². The fourth-order valence-corrected chi connectivity index (χ4v) is 3.38. The highest BCUT2D eigenvalue weighted by atomic mass is 16.5. The first-order valence-electron chi connectivity index (χ1n) is 7.85. The molecule has 1 fully saturated rings. The Hall–Kier alpha value is -1.94. The second-order valence-electron chi connectivity index (χ2n) is 5.90. The molecule has 0 aliphatic carbocycles. The summed E-state index contributed by atoms with van der Waals surface area (Å²) in [6, 6.07) is 8.06. The number of hydrogen-bond donors (Lipinski definition) is 1. The van der Waals surface area contributed by atoms with Crippen LogP contribution < -0.4 is 10.1 Å². The molecule has 1 aliphatic rings. The first-order chi connectivity index (χ1) is 10.7. The summed E-state index contributed by atoms with van der Waals surface area (Å²) in [6.45, 7) is 6.34. The lowest BCUT2D eigenvalue weighted by Gasteiger charge is -2.16. The van der Waals surface area contributed by atoms with E-state index in [1.807, 2.05) is 18.2 Å². The fourth-order valence-electron chi connectivity index (χ4n) is 3.38. The number of methoxy groups -OCH3 is 1. The highest BCUT2D eigenvalue weighted by Crippen LogP contribution is 2.27. The fraction of sp³-hybridized carbons (Fsp3) is 0.444. The summed E-state index contributed by atoms with van der Waals surface area (Å²) in [5.41, 5.74) is 4.69. The van der Waals surface area contributed by atoms with Gasteiger partial charge in [-0.15, -0.1) is 0 Å². The number of para-hydroxylation sites is 1. The maximum atomic E-state index is 5.42. The molecule has 1 atom stereocenters. The van der Waals surface area contributed by atoms with Crippen LogP contribution in [0.3, 0.4) is 0 Å². The highest BCUT2D eigenvalue weighted by Gasteiger charge is 2.22. The first kappa shape index (κ1) is 15.0. The molecule has 116 valence electrons. The van der Waals surface area contributed by atoms with Crippen molar-refractivity contribution >= 4 is 0 Å². The number of ether oxygens (including phenoxy) is 1. The Morgan fingerprint density at radius 1 is 1.18 bits per heavy atom. The van der Waals surface area contributed by atoms with Crippen molar-refractivity contribution < 1.29 is 4.74 Å². The van der Waals surface area contributed by atoms with E-state index in [2.05, 4.69) is 25.2 Å². The zero-order chi connectivity index (χ0) is 15.5. The number of nitrogens with one attached hydrogen (secondary N) is 1. The molecule has 22 heavy (non-hydrogen) atoms. The average molecular weight is 297 g/mol. The molecule has 0 bridgehead atoms. The minimum Gasteiger partial charge on any atom is -0.496 e. The third kappa shape index (κ3) is 2.97. The molecule has 0 spiro atoms. The lowest BCUT2D eigenvalue weighted by Crippen LogP contribution is -2.13. The van der Waals surface area contributed by atoms with Crippen LogP contribution >= 0.6 is 0 Å². The molecule has 1 aliphatic heterocycles. The summed E-state index contributed by atoms with van der Waals surface area (Å²) in [4.78, 5) is 9.51. The molecule has 0 radical (unpaired) electrons. The van der Waals surface area contributed by atoms with Crippen LogP contribution in [-0.2, 0) is 6.42 Å². The zero-order valence-corrected chi connectivity index (χ0v) is 13.5. The molecule has 1 unspecified atom stereocenters. The highest BCUT2D eigenvalue weighted by molar-refractivity contribution is 5.36. The molecule has 4 heteroatoms. The summed E-state index contributed by atoms with van der Waals surface area (Å²) in [5.74, 6) is 2.32. The van der Waals surface area contributed by atoms with Gasteiger partial charge in [0, 0.05) is 35.8 Å². The van der Waals surface area contributed by atoms with Crippen LogP contribution in [0.15, 0.2) is 24.3 Å². The van der Waals surface area contributed by atoms with Crippen molar-refractivity contribution in [3.8, 4) is 5.75 Å². The summed E-state index contributed by atoms with van der Waals surface area (Å²) < 4.78 is 5.42. The van der Waals surface area contributed by atoms with Gasteiger partial charge in [-0.1, -0.05) is 18.2 Å². The van der Waals surface area contributed by atoms with Crippen molar-refractivity contribution in [2.75, 3.05) is 20.2 Å². The van der Waals surface area contributed by atoms with E-state index < -0.39 is 0 Å². The number of aryl methyl sites for hydroxylation is 2. The van der Waals surface area contributed by atoms with Gasteiger partial charge in [0.1, 0.15) is 11.6 Å². The van der Waals surface area contributed by atoms with Crippen molar-refractivity contribution in [3.05, 3.63) is 52.6 Å². The van der Waals surface area contributed by atoms with Gasteiger partial charge in [0.25, 0.3) is 0 Å². The van der Waals surface area contributed by atoms with Crippen LogP contribution in [0.4, 0.5) is 0 Å². The molecule has 2 heterocycles. The van der Waals surface area contributed by atoms with Gasteiger partial charge in [0.2, 0.25) is 0 Å². The Balaban J connectivity index is 1.89. The van der Waals surface area contributed by atoms with Crippen molar-refractivity contribution in [2.24, 2.45) is 0 Å². The van der Waals surface area contributed by atoms with Crippen LogP contribution in [0.25, 0.3) is 0 Å². The Morgan fingerprint density at radius 2 is 1.91 bits per heavy atom. The summed E-state index contributed by atoms with van der Waals surface area (Å²) in [5, 5.41) is 3.42. The average Bonchev–Trinajstić information content (AvgIpc) is 3.01. The minimum absolute atomic E-state index is 0.556. The number of nitrogens with zero attached hydrogens (tertiary/aromatic N) is 2. The lowest BCUT2D eigenvalue weighted by molar-refractivity contribution is 0.410. The standard InChI is InChI=1S/C18H23N3O/c1-12-18(15-8-9-19-11-15)13(2)21-17(20-12)10-14-6-4-5-7-16(14)22-3/h4-7,15,19H,8-11H2,1-3H3. The van der Waals surface area contributed by atoms with Crippen LogP contribution in [0.2, 0.25) is 0 Å². The summed E-state index contributed by atoms with van der Waals surface area (Å²) >= 11 is 0. The third-order valence-corrected chi connectivity index (χ3v) is 4.38. The van der Waals surface area contributed by atoms with Crippen molar-refractivity contribution in [1.29, 1.82) is 0 Å². The van der Waals surface area contributed by atoms with Crippen LogP contribution in [0.1, 0.15) is 40.7 Å². The van der Waals surface area contributed by atoms with Gasteiger partial charge in [0.15, 0.2) is 0 Å². The molecule has 0 amide bonds. The van der Waals surface area contributed by atoms with Crippen molar-refractivity contribution in [3.63, 3.8) is 0 Å². The third-order valence-electron chi connectivity index (χ3n) is 4.38. The molecule has 1 aromatic carbocycles. The van der Waals surface area contributed by atoms with Gasteiger partial charge >= 0.3 is 0 Å². The normalized spacial score (nSPS) is 17.7. The van der Waals surface area contributed by atoms with E-state index in [4.69, 9.17) is 14.7 Å². The van der Waals surface area contributed by atoms with E-state index in [1.165, 1.54) is 12.0 Å². The van der Waals surface area contributed by atoms with Crippen molar-refractivity contribution in [1.82, 2.24) is 15.3 Å². The van der Waals surface area contributed by atoms with Crippen LogP contribution in [0.5, 0.6) is 5.75 Å². The lowest BCUT2D eigenvalue weighted by atomic mass is 9.95. The van der Waals surface area contributed by atoms with Crippen LogP contribution in [0, 0.1) is 13.8 Å². The summed E-state index contributed by atoms with van der Waals surface area (Å²) in [6.07, 6.45) is 1.88. The molecule has 1 aromatic heterocycles.